The Morgan fingerprint density at radius 1 is 1.09 bits per heavy atom. The summed E-state index contributed by atoms with van der Waals surface area (Å²) >= 11 is 0. The summed E-state index contributed by atoms with van der Waals surface area (Å²) in [4.78, 5) is 14.7. The molecule has 8 heteroatoms. The number of hydrogen-bond donors (Lipinski definition) is 1. The first-order chi connectivity index (χ1) is 15.9. The van der Waals surface area contributed by atoms with Crippen LogP contribution in [0.4, 0.5) is 5.69 Å². The van der Waals surface area contributed by atoms with E-state index in [0.29, 0.717) is 35.7 Å². The molecule has 0 aliphatic carbocycles. The third kappa shape index (κ3) is 5.79. The largest absolute Gasteiger partial charge is 0.495 e. The maximum absolute atomic E-state index is 13.0. The Labute approximate surface area is 193 Å². The van der Waals surface area contributed by atoms with Gasteiger partial charge in [0.1, 0.15) is 5.75 Å². The van der Waals surface area contributed by atoms with Gasteiger partial charge in [-0.2, -0.15) is 5.26 Å². The van der Waals surface area contributed by atoms with Crippen molar-refractivity contribution in [1.82, 2.24) is 4.90 Å². The second kappa shape index (κ2) is 10.5. The van der Waals surface area contributed by atoms with Gasteiger partial charge in [-0.05, 0) is 54.1 Å². The maximum atomic E-state index is 13.0. The van der Waals surface area contributed by atoms with Crippen LogP contribution in [0, 0.1) is 11.3 Å². The minimum Gasteiger partial charge on any atom is -0.495 e. The molecular formula is C25H23N3O4S. The number of benzene rings is 3. The molecule has 0 unspecified atom stereocenters. The highest BCUT2D eigenvalue weighted by atomic mass is 32.2. The van der Waals surface area contributed by atoms with Gasteiger partial charge in [0.05, 0.1) is 29.3 Å². The number of para-hydroxylation sites is 2. The number of rotatable bonds is 9. The molecule has 0 saturated heterocycles. The zero-order valence-corrected chi connectivity index (χ0v) is 18.9. The summed E-state index contributed by atoms with van der Waals surface area (Å²) in [6.45, 7) is 4.35. The van der Waals surface area contributed by atoms with Crippen LogP contribution in [-0.4, -0.2) is 32.9 Å². The minimum atomic E-state index is -3.87. The second-order valence-corrected chi connectivity index (χ2v) is 8.80. The number of nitrogens with zero attached hydrogens (tertiary/aromatic N) is 2. The van der Waals surface area contributed by atoms with E-state index in [9.17, 15) is 13.2 Å². The van der Waals surface area contributed by atoms with Crippen LogP contribution in [0.15, 0.2) is 90.3 Å². The molecule has 33 heavy (non-hydrogen) atoms. The topological polar surface area (TPSA) is 99.5 Å². The lowest BCUT2D eigenvalue weighted by Crippen LogP contribution is -2.30. The Bertz CT molecular complexity index is 1280. The molecule has 0 atom stereocenters. The Morgan fingerprint density at radius 3 is 2.36 bits per heavy atom. The van der Waals surface area contributed by atoms with Gasteiger partial charge in [-0.1, -0.05) is 30.3 Å². The lowest BCUT2D eigenvalue weighted by Gasteiger charge is -2.21. The fourth-order valence-corrected chi connectivity index (χ4v) is 4.24. The van der Waals surface area contributed by atoms with E-state index in [2.05, 4.69) is 17.4 Å². The number of ether oxygens (including phenoxy) is 1. The van der Waals surface area contributed by atoms with E-state index >= 15 is 0 Å². The number of nitrogens with one attached hydrogen (secondary N) is 1. The van der Waals surface area contributed by atoms with E-state index in [-0.39, 0.29) is 10.8 Å². The van der Waals surface area contributed by atoms with Crippen LogP contribution in [0.5, 0.6) is 5.75 Å². The molecule has 0 fully saturated rings. The first kappa shape index (κ1) is 23.6. The highest BCUT2D eigenvalue weighted by Crippen LogP contribution is 2.26. The fraction of sp³-hybridized carbons (Fsp3) is 0.120. The van der Waals surface area contributed by atoms with Crippen LogP contribution in [0.25, 0.3) is 0 Å². The van der Waals surface area contributed by atoms with Crippen LogP contribution in [0.1, 0.15) is 21.5 Å². The van der Waals surface area contributed by atoms with Crippen molar-refractivity contribution in [2.75, 3.05) is 18.4 Å². The van der Waals surface area contributed by atoms with E-state index < -0.39 is 10.0 Å². The number of methoxy groups -OCH3 is 1. The average molecular weight is 462 g/mol. The minimum absolute atomic E-state index is 0.0207. The van der Waals surface area contributed by atoms with Gasteiger partial charge in [0, 0.05) is 18.7 Å². The van der Waals surface area contributed by atoms with E-state index in [4.69, 9.17) is 10.00 Å². The summed E-state index contributed by atoms with van der Waals surface area (Å²) in [6, 6.07) is 21.5. The second-order valence-electron chi connectivity index (χ2n) is 7.11. The molecule has 3 aromatic carbocycles. The van der Waals surface area contributed by atoms with Crippen molar-refractivity contribution in [3.8, 4) is 11.8 Å². The molecule has 7 nitrogen and oxygen atoms in total. The summed E-state index contributed by atoms with van der Waals surface area (Å²) in [5, 5.41) is 8.94. The number of hydrogen-bond acceptors (Lipinski definition) is 5. The molecule has 1 N–H and O–H groups in total. The van der Waals surface area contributed by atoms with Gasteiger partial charge in [-0.25, -0.2) is 8.42 Å². The number of amides is 1. The van der Waals surface area contributed by atoms with Crippen molar-refractivity contribution in [3.05, 3.63) is 102 Å². The van der Waals surface area contributed by atoms with Crippen molar-refractivity contribution in [2.45, 2.75) is 11.4 Å². The number of nitriles is 1. The summed E-state index contributed by atoms with van der Waals surface area (Å²) in [7, 11) is -2.41. The quantitative estimate of drug-likeness (QED) is 0.482. The summed E-state index contributed by atoms with van der Waals surface area (Å²) in [6.07, 6.45) is 1.62. The Morgan fingerprint density at radius 2 is 1.76 bits per heavy atom. The third-order valence-corrected chi connectivity index (χ3v) is 6.24. The van der Waals surface area contributed by atoms with E-state index in [1.807, 2.05) is 0 Å². The van der Waals surface area contributed by atoms with Crippen LogP contribution in [0.2, 0.25) is 0 Å². The number of sulfonamides is 1. The third-order valence-electron chi connectivity index (χ3n) is 4.86. The molecule has 168 valence electrons. The van der Waals surface area contributed by atoms with Gasteiger partial charge in [0.25, 0.3) is 15.9 Å². The molecule has 0 spiro atoms. The predicted octanol–water partition coefficient (Wildman–Crippen LogP) is 4.20. The number of carbonyl (C=O) groups is 1. The molecule has 0 aliphatic heterocycles. The molecular weight excluding hydrogens is 438 g/mol. The van der Waals surface area contributed by atoms with Crippen LogP contribution in [-0.2, 0) is 16.6 Å². The molecule has 0 bridgehead atoms. The molecule has 0 heterocycles. The van der Waals surface area contributed by atoms with Crippen LogP contribution >= 0.6 is 0 Å². The van der Waals surface area contributed by atoms with E-state index in [0.717, 1.165) is 5.56 Å². The van der Waals surface area contributed by atoms with Gasteiger partial charge in [0.2, 0.25) is 0 Å². The Balaban J connectivity index is 1.78. The van der Waals surface area contributed by atoms with Crippen molar-refractivity contribution in [1.29, 1.82) is 5.26 Å². The summed E-state index contributed by atoms with van der Waals surface area (Å²) in [5.74, 6) is 0.136. The average Bonchev–Trinajstić information content (AvgIpc) is 2.84. The number of carbonyl (C=O) groups excluding carboxylic acids is 1. The van der Waals surface area contributed by atoms with Gasteiger partial charge in [0.15, 0.2) is 0 Å². The SMILES string of the molecule is C=CCN(Cc1ccc(C#N)cc1)C(=O)c1ccc(S(=O)(=O)Nc2ccccc2OC)cc1. The van der Waals surface area contributed by atoms with E-state index in [1.165, 1.54) is 31.4 Å². The van der Waals surface area contributed by atoms with Crippen LogP contribution < -0.4 is 9.46 Å². The first-order valence-corrected chi connectivity index (χ1v) is 11.5. The Kier molecular flexibility index (Phi) is 7.49. The molecule has 0 aromatic heterocycles. The van der Waals surface area contributed by atoms with Crippen molar-refractivity contribution >= 4 is 21.6 Å². The maximum Gasteiger partial charge on any atom is 0.262 e. The fourth-order valence-electron chi connectivity index (χ4n) is 3.17. The molecule has 0 saturated carbocycles. The zero-order chi connectivity index (χ0) is 23.8. The van der Waals surface area contributed by atoms with Crippen molar-refractivity contribution in [3.63, 3.8) is 0 Å². The predicted molar refractivity (Wildman–Crippen MR) is 126 cm³/mol. The van der Waals surface area contributed by atoms with Crippen LogP contribution in [0.3, 0.4) is 0 Å². The first-order valence-electron chi connectivity index (χ1n) is 10.0. The molecule has 0 aliphatic rings. The van der Waals surface area contributed by atoms with Gasteiger partial charge < -0.3 is 9.64 Å². The number of anilines is 1. The normalized spacial score (nSPS) is 10.7. The van der Waals surface area contributed by atoms with Gasteiger partial charge >= 0.3 is 0 Å². The highest BCUT2D eigenvalue weighted by molar-refractivity contribution is 7.92. The molecule has 0 radical (unpaired) electrons. The van der Waals surface area contributed by atoms with Gasteiger partial charge in [-0.15, -0.1) is 6.58 Å². The lowest BCUT2D eigenvalue weighted by molar-refractivity contribution is 0.0762. The summed E-state index contributed by atoms with van der Waals surface area (Å²) < 4.78 is 33.3. The zero-order valence-electron chi connectivity index (χ0n) is 18.1. The highest BCUT2D eigenvalue weighted by Gasteiger charge is 2.19. The molecule has 3 aromatic rings. The van der Waals surface area contributed by atoms with Crippen molar-refractivity contribution in [2.24, 2.45) is 0 Å². The Hall–Kier alpha value is -4.09. The molecule has 3 rings (SSSR count). The standard InChI is InChI=1S/C25H23N3O4S/c1-3-16-28(18-20-10-8-19(17-26)9-11-20)25(29)21-12-14-22(15-13-21)33(30,31)27-23-6-4-5-7-24(23)32-2/h3-15,27H,1,16,18H2,2H3. The van der Waals surface area contributed by atoms with E-state index in [1.54, 1.807) is 59.5 Å². The van der Waals surface area contributed by atoms with Gasteiger partial charge in [-0.3, -0.25) is 9.52 Å². The lowest BCUT2D eigenvalue weighted by atomic mass is 10.1. The summed E-state index contributed by atoms with van der Waals surface area (Å²) in [5.41, 5.74) is 2.07. The smallest absolute Gasteiger partial charge is 0.262 e. The monoisotopic (exact) mass is 461 g/mol. The van der Waals surface area contributed by atoms with Crippen molar-refractivity contribution < 1.29 is 17.9 Å². The molecule has 1 amide bonds.